The number of nitrogens with zero attached hydrogens (tertiary/aromatic N) is 2. The molecule has 0 aromatic carbocycles. The molecule has 8 heteroatoms. The predicted molar refractivity (Wildman–Crippen MR) is 49.6 cm³/mol. The molecule has 3 nitrogen and oxygen atoms in total. The van der Waals surface area contributed by atoms with Gasteiger partial charge in [0, 0.05) is 8.51 Å². The van der Waals surface area contributed by atoms with E-state index in [9.17, 15) is 0 Å². The normalized spacial score (nSPS) is 13.5. The van der Waals surface area contributed by atoms with Crippen molar-refractivity contribution in [3.8, 4) is 0 Å². The molecule has 1 aromatic heterocycles. The van der Waals surface area contributed by atoms with Gasteiger partial charge in [-0.15, -0.1) is 0 Å². The number of rotatable bonds is 0. The second-order valence-corrected chi connectivity index (χ2v) is 8.10. The minimum absolute atomic E-state index is 0.481. The van der Waals surface area contributed by atoms with E-state index in [-0.39, 0.29) is 0 Å². The van der Waals surface area contributed by atoms with Crippen molar-refractivity contribution in [3.63, 3.8) is 0 Å². The molecule has 0 aliphatic rings. The van der Waals surface area contributed by atoms with Gasteiger partial charge < -0.3 is 0 Å². The zero-order valence-electron chi connectivity index (χ0n) is 3.54. The minimum atomic E-state index is -0.604. The highest BCUT2D eigenvalue weighted by molar-refractivity contribution is 14.1. The van der Waals surface area contributed by atoms with Gasteiger partial charge in [-0.05, 0) is 11.2 Å². The van der Waals surface area contributed by atoms with Gasteiger partial charge in [0.25, 0.3) is 0 Å². The molecule has 0 bridgehead atoms. The third-order valence-electron chi connectivity index (χ3n) is 0.456. The van der Waals surface area contributed by atoms with E-state index in [0.29, 0.717) is 8.51 Å². The predicted octanol–water partition coefficient (Wildman–Crippen LogP) is 3.13. The summed E-state index contributed by atoms with van der Waals surface area (Å²) in [7, 11) is 0.859. The lowest BCUT2D eigenvalue weighted by Gasteiger charge is -1.93. The second kappa shape index (κ2) is 3.48. The highest BCUT2D eigenvalue weighted by Gasteiger charge is 1.85. The molecule has 0 aliphatic heterocycles. The first-order chi connectivity index (χ1) is 3.80. The van der Waals surface area contributed by atoms with Gasteiger partial charge >= 0.3 is 0 Å². The van der Waals surface area contributed by atoms with Gasteiger partial charge in [-0.2, -0.15) is 4.51 Å². The zero-order chi connectivity index (χ0) is 5.98. The molecular weight excluding hydrogens is 297 g/mol. The number of halogens is 2. The van der Waals surface area contributed by atoms with E-state index in [1.54, 1.807) is 0 Å². The summed E-state index contributed by atoms with van der Waals surface area (Å²) in [6.07, 6.45) is 0. The van der Waals surface area contributed by atoms with Crippen LogP contribution in [0.15, 0.2) is 0 Å². The topological polar surface area (TPSA) is 33.6 Å². The number of aromatic nitrogens is 3. The highest BCUT2D eigenvalue weighted by atomic mass is 127. The van der Waals surface area contributed by atoms with E-state index in [0.717, 1.165) is 8.51 Å². The quantitative estimate of drug-likeness (QED) is 0.734. The van der Waals surface area contributed by atoms with E-state index in [4.69, 9.17) is 11.2 Å². The number of aromatic amines is 1. The summed E-state index contributed by atoms with van der Waals surface area (Å²) in [5.74, 6) is 0. The Hall–Kier alpha value is 1.32. The molecule has 0 amide bonds. The third kappa shape index (κ3) is 1.93. The average molecular weight is 299 g/mol. The van der Waals surface area contributed by atoms with Gasteiger partial charge in [-0.3, -0.25) is 4.51 Å². The molecule has 2 unspecified atom stereocenters. The smallest absolute Gasteiger partial charge is 0.152 e. The Kier molecular flexibility index (Phi) is 3.23. The molecule has 0 saturated heterocycles. The van der Waals surface area contributed by atoms with Crippen LogP contribution in [0.25, 0.3) is 0 Å². The Bertz CT molecular complexity index is 171. The van der Waals surface area contributed by atoms with Gasteiger partial charge in [0.2, 0.25) is 0 Å². The lowest BCUT2D eigenvalue weighted by molar-refractivity contribution is 1.66. The Labute approximate surface area is 69.4 Å². The molecule has 46 valence electrons. The first-order valence-corrected chi connectivity index (χ1v) is 6.55. The molecule has 0 fully saturated rings. The zero-order valence-corrected chi connectivity index (χ0v) is 9.25. The van der Waals surface area contributed by atoms with Crippen molar-refractivity contribution in [2.45, 2.75) is 0 Å². The molecule has 2 atom stereocenters. The van der Waals surface area contributed by atoms with Gasteiger partial charge in [0.15, 0.2) is 8.51 Å². The number of hydrogen-bond acceptors (Lipinski definition) is 1. The molecule has 1 N–H and O–H groups in total. The number of H-pyrrole nitrogens is 1. The molecule has 8 heavy (non-hydrogen) atoms. The molecule has 0 radical (unpaired) electrons. The van der Waals surface area contributed by atoms with Crippen LogP contribution in [0.5, 0.6) is 0 Å². The summed E-state index contributed by atoms with van der Waals surface area (Å²) in [6, 6.07) is 0. The van der Waals surface area contributed by atoms with Crippen molar-refractivity contribution in [3.05, 3.63) is 0 Å². The summed E-state index contributed by atoms with van der Waals surface area (Å²) in [4.78, 5) is 0. The Balaban J connectivity index is 3.13. The lowest BCUT2D eigenvalue weighted by Crippen LogP contribution is -1.65. The Morgan fingerprint density at radius 2 is 2.75 bits per heavy atom. The van der Waals surface area contributed by atoms with Gasteiger partial charge in [-0.1, -0.05) is 0 Å². The first kappa shape index (κ1) is 7.43. The molecular formula is H2ClIN3P3. The van der Waals surface area contributed by atoms with Crippen molar-refractivity contribution >= 4 is 58.3 Å². The van der Waals surface area contributed by atoms with E-state index in [2.05, 4.69) is 31.9 Å². The maximum atomic E-state index is 5.78. The summed E-state index contributed by atoms with van der Waals surface area (Å²) in [5, 5.41) is 0. The van der Waals surface area contributed by atoms with E-state index >= 15 is 0 Å². The van der Waals surface area contributed by atoms with E-state index in [1.807, 2.05) is 2.31 Å². The fourth-order valence-electron chi connectivity index (χ4n) is 0.199. The van der Waals surface area contributed by atoms with Crippen molar-refractivity contribution in [1.29, 1.82) is 0 Å². The molecule has 0 saturated carbocycles. The monoisotopic (exact) mass is 299 g/mol. The summed E-state index contributed by atoms with van der Waals surface area (Å²) < 4.78 is 9.02. The highest BCUT2D eigenvalue weighted by Crippen LogP contribution is 2.33. The van der Waals surface area contributed by atoms with E-state index < -0.39 is 7.20 Å². The Morgan fingerprint density at radius 3 is 3.12 bits per heavy atom. The van der Waals surface area contributed by atoms with Crippen LogP contribution in [0.3, 0.4) is 0 Å². The van der Waals surface area contributed by atoms with Crippen molar-refractivity contribution in [1.82, 2.24) is 11.3 Å². The van der Waals surface area contributed by atoms with Crippen molar-refractivity contribution < 1.29 is 0 Å². The Morgan fingerprint density at radius 1 is 2.00 bits per heavy atom. The van der Waals surface area contributed by atoms with Crippen LogP contribution in [0.4, 0.5) is 0 Å². The molecule has 1 heterocycles. The fourth-order valence-corrected chi connectivity index (χ4v) is 5.41. The summed E-state index contributed by atoms with van der Waals surface area (Å²) in [5.41, 5.74) is 0. The average Bonchev–Trinajstić information content (AvgIpc) is 1.77. The van der Waals surface area contributed by atoms with Crippen LogP contribution >= 0.6 is 58.3 Å². The standard InChI is InChI=1S/ClH2IN3P3/c1-8-4-6-3-7-5(8)2/h4,6H. The van der Waals surface area contributed by atoms with Crippen LogP contribution in [0, 0.1) is 0 Å². The maximum Gasteiger partial charge on any atom is 0.152 e. The largest absolute Gasteiger partial charge is 0.297 e. The molecule has 1 rings (SSSR count). The fraction of sp³-hybridized carbons (Fsp3) is 0. The van der Waals surface area contributed by atoms with Gasteiger partial charge in [0.05, 0.1) is 22.9 Å². The molecule has 1 aromatic rings. The van der Waals surface area contributed by atoms with Crippen LogP contribution in [-0.4, -0.2) is 11.3 Å². The van der Waals surface area contributed by atoms with Crippen LogP contribution in [0.2, 0.25) is 0 Å². The third-order valence-corrected chi connectivity index (χ3v) is 7.73. The van der Waals surface area contributed by atoms with Gasteiger partial charge in [0.1, 0.15) is 7.20 Å². The minimum Gasteiger partial charge on any atom is -0.297 e. The number of nitrogens with one attached hydrogen (secondary N) is 1. The summed E-state index contributed by atoms with van der Waals surface area (Å²) >= 11 is 7.93. The molecule has 0 spiro atoms. The molecule has 0 aliphatic carbocycles. The SMILES string of the molecule is Clp1[nH][pH]npn1I. The van der Waals surface area contributed by atoms with Crippen molar-refractivity contribution in [2.75, 3.05) is 0 Å². The lowest BCUT2D eigenvalue weighted by atomic mass is 13.8. The van der Waals surface area contributed by atoms with Crippen LogP contribution in [-0.2, 0) is 0 Å². The van der Waals surface area contributed by atoms with Gasteiger partial charge in [-0.25, -0.2) is 2.31 Å². The van der Waals surface area contributed by atoms with E-state index in [1.165, 1.54) is 0 Å². The first-order valence-electron chi connectivity index (χ1n) is 1.64. The summed E-state index contributed by atoms with van der Waals surface area (Å²) in [6.45, 7) is 0. The maximum absolute atomic E-state index is 5.78. The van der Waals surface area contributed by atoms with Crippen LogP contribution < -0.4 is 0 Å². The number of hydrogen-bond donors (Lipinski definition) is 1. The van der Waals surface area contributed by atoms with Crippen molar-refractivity contribution in [2.24, 2.45) is 0 Å². The second-order valence-electron chi connectivity index (χ2n) is 0.914. The van der Waals surface area contributed by atoms with Crippen LogP contribution in [0.1, 0.15) is 0 Å².